The monoisotopic (exact) mass is 308 g/mol. The predicted molar refractivity (Wildman–Crippen MR) is 88.3 cm³/mol. The molecular weight excluding hydrogens is 282 g/mol. The maximum absolute atomic E-state index is 11.8. The maximum Gasteiger partial charge on any atom is 0.280 e. The molecule has 4 heteroatoms. The SMILES string of the molecule is CC.Cc1ccc(C(C)C)cn1.Cc1ccc(C(F)F)nc1. The van der Waals surface area contributed by atoms with E-state index in [1.165, 1.54) is 17.8 Å². The summed E-state index contributed by atoms with van der Waals surface area (Å²) in [7, 11) is 0. The third kappa shape index (κ3) is 7.81. The van der Waals surface area contributed by atoms with Gasteiger partial charge in [0.1, 0.15) is 5.69 Å². The van der Waals surface area contributed by atoms with E-state index < -0.39 is 6.43 Å². The van der Waals surface area contributed by atoms with E-state index in [0.717, 1.165) is 11.3 Å². The highest BCUT2D eigenvalue weighted by Gasteiger charge is 2.05. The van der Waals surface area contributed by atoms with Crippen LogP contribution in [-0.4, -0.2) is 9.97 Å². The van der Waals surface area contributed by atoms with Crippen LogP contribution in [0.1, 0.15) is 62.6 Å². The van der Waals surface area contributed by atoms with Gasteiger partial charge in [-0.15, -0.1) is 0 Å². The topological polar surface area (TPSA) is 25.8 Å². The minimum absolute atomic E-state index is 0.161. The van der Waals surface area contributed by atoms with Crippen molar-refractivity contribution in [3.05, 3.63) is 59.2 Å². The Hall–Kier alpha value is -1.84. The number of rotatable bonds is 2. The summed E-state index contributed by atoms with van der Waals surface area (Å²) >= 11 is 0. The van der Waals surface area contributed by atoms with E-state index in [1.807, 2.05) is 33.9 Å². The summed E-state index contributed by atoms with van der Waals surface area (Å²) in [6.07, 6.45) is 0.919. The first-order chi connectivity index (χ1) is 10.4. The average Bonchev–Trinajstić information content (AvgIpc) is 2.51. The number of aromatic nitrogens is 2. The number of hydrogen-bond acceptors (Lipinski definition) is 2. The van der Waals surface area contributed by atoms with Gasteiger partial charge in [0.05, 0.1) is 0 Å². The van der Waals surface area contributed by atoms with Gasteiger partial charge in [0, 0.05) is 18.1 Å². The summed E-state index contributed by atoms with van der Waals surface area (Å²) in [5.74, 6) is 0.591. The van der Waals surface area contributed by atoms with Crippen LogP contribution < -0.4 is 0 Å². The van der Waals surface area contributed by atoms with Crippen LogP contribution in [0.4, 0.5) is 8.78 Å². The number of halogens is 2. The predicted octanol–water partition coefficient (Wildman–Crippen LogP) is 5.87. The number of pyridine rings is 2. The summed E-state index contributed by atoms with van der Waals surface area (Å²) in [5, 5.41) is 0. The summed E-state index contributed by atoms with van der Waals surface area (Å²) in [6, 6.07) is 7.14. The second kappa shape index (κ2) is 10.8. The fourth-order valence-electron chi connectivity index (χ4n) is 1.43. The molecule has 0 aliphatic rings. The highest BCUT2D eigenvalue weighted by atomic mass is 19.3. The average molecular weight is 308 g/mol. The van der Waals surface area contributed by atoms with Gasteiger partial charge < -0.3 is 0 Å². The third-order valence-corrected chi connectivity index (χ3v) is 2.76. The Labute approximate surface area is 132 Å². The van der Waals surface area contributed by atoms with Gasteiger partial charge in [-0.2, -0.15) is 0 Å². The minimum atomic E-state index is -2.46. The molecule has 0 saturated heterocycles. The molecule has 22 heavy (non-hydrogen) atoms. The van der Waals surface area contributed by atoms with Crippen molar-refractivity contribution in [3.63, 3.8) is 0 Å². The van der Waals surface area contributed by atoms with Gasteiger partial charge >= 0.3 is 0 Å². The van der Waals surface area contributed by atoms with Crippen LogP contribution in [0.25, 0.3) is 0 Å². The highest BCUT2D eigenvalue weighted by Crippen LogP contribution is 2.15. The van der Waals surface area contributed by atoms with Crippen molar-refractivity contribution in [1.82, 2.24) is 9.97 Å². The molecule has 0 amide bonds. The Balaban J connectivity index is 0.000000360. The Bertz CT molecular complexity index is 456. The lowest BCUT2D eigenvalue weighted by molar-refractivity contribution is 0.146. The van der Waals surface area contributed by atoms with Crippen LogP contribution in [0, 0.1) is 13.8 Å². The van der Waals surface area contributed by atoms with Gasteiger partial charge in [0.15, 0.2) is 0 Å². The van der Waals surface area contributed by atoms with E-state index in [0.29, 0.717) is 5.92 Å². The van der Waals surface area contributed by atoms with Crippen LogP contribution in [0.2, 0.25) is 0 Å². The molecule has 2 rings (SSSR count). The van der Waals surface area contributed by atoms with Crippen molar-refractivity contribution in [2.45, 2.75) is 53.9 Å². The van der Waals surface area contributed by atoms with Gasteiger partial charge in [-0.05, 0) is 43.0 Å². The fraction of sp³-hybridized carbons (Fsp3) is 0.444. The minimum Gasteiger partial charge on any atom is -0.261 e. The summed E-state index contributed by atoms with van der Waals surface area (Å²) in [4.78, 5) is 7.73. The van der Waals surface area contributed by atoms with Crippen molar-refractivity contribution < 1.29 is 8.78 Å². The normalized spacial score (nSPS) is 9.73. The molecular formula is C18H26F2N2. The summed E-state index contributed by atoms with van der Waals surface area (Å²) in [6.45, 7) is 12.2. The van der Waals surface area contributed by atoms with Gasteiger partial charge in [-0.25, -0.2) is 8.78 Å². The van der Waals surface area contributed by atoms with Crippen molar-refractivity contribution in [2.24, 2.45) is 0 Å². The van der Waals surface area contributed by atoms with E-state index in [-0.39, 0.29) is 5.69 Å². The maximum atomic E-state index is 11.8. The van der Waals surface area contributed by atoms with E-state index in [2.05, 4.69) is 35.9 Å². The molecule has 0 fully saturated rings. The lowest BCUT2D eigenvalue weighted by Gasteiger charge is -2.02. The highest BCUT2D eigenvalue weighted by molar-refractivity contribution is 5.16. The molecule has 2 aromatic rings. The lowest BCUT2D eigenvalue weighted by Crippen LogP contribution is -1.88. The van der Waals surface area contributed by atoms with Crippen molar-refractivity contribution in [1.29, 1.82) is 0 Å². The standard InChI is InChI=1S/C9H13N.C7H7F2N.C2H6/c1-7(2)9-5-4-8(3)10-6-9;1-5-2-3-6(7(8)9)10-4-5;1-2/h4-7H,1-3H3;2-4,7H,1H3;1-2H3. The first-order valence-electron chi connectivity index (χ1n) is 7.53. The van der Waals surface area contributed by atoms with Crippen LogP contribution in [0.3, 0.4) is 0 Å². The molecule has 0 aliphatic heterocycles. The molecule has 2 nitrogen and oxygen atoms in total. The Morgan fingerprint density at radius 1 is 0.864 bits per heavy atom. The molecule has 0 unspecified atom stereocenters. The lowest BCUT2D eigenvalue weighted by atomic mass is 10.1. The molecule has 122 valence electrons. The van der Waals surface area contributed by atoms with E-state index in [9.17, 15) is 8.78 Å². The van der Waals surface area contributed by atoms with Crippen LogP contribution in [-0.2, 0) is 0 Å². The van der Waals surface area contributed by atoms with E-state index in [1.54, 1.807) is 6.07 Å². The smallest absolute Gasteiger partial charge is 0.261 e. The van der Waals surface area contributed by atoms with Crippen molar-refractivity contribution in [2.75, 3.05) is 0 Å². The summed E-state index contributed by atoms with van der Waals surface area (Å²) in [5.41, 5.74) is 3.13. The molecule has 2 aromatic heterocycles. The van der Waals surface area contributed by atoms with Gasteiger partial charge in [-0.3, -0.25) is 9.97 Å². The molecule has 0 bridgehead atoms. The molecule has 0 aliphatic carbocycles. The van der Waals surface area contributed by atoms with Crippen molar-refractivity contribution in [3.8, 4) is 0 Å². The second-order valence-electron chi connectivity index (χ2n) is 4.95. The molecule has 0 spiro atoms. The first-order valence-corrected chi connectivity index (χ1v) is 7.53. The summed E-state index contributed by atoms with van der Waals surface area (Å²) < 4.78 is 23.7. The molecule has 0 aromatic carbocycles. The second-order valence-corrected chi connectivity index (χ2v) is 4.95. The van der Waals surface area contributed by atoms with E-state index in [4.69, 9.17) is 0 Å². The van der Waals surface area contributed by atoms with Crippen LogP contribution >= 0.6 is 0 Å². The number of aryl methyl sites for hydroxylation is 2. The van der Waals surface area contributed by atoms with Gasteiger partial charge in [0.2, 0.25) is 0 Å². The zero-order valence-corrected chi connectivity index (χ0v) is 14.3. The zero-order chi connectivity index (χ0) is 17.1. The molecule has 0 N–H and O–H groups in total. The molecule has 2 heterocycles. The third-order valence-electron chi connectivity index (χ3n) is 2.76. The molecule has 0 atom stereocenters. The van der Waals surface area contributed by atoms with Crippen LogP contribution in [0.5, 0.6) is 0 Å². The number of hydrogen-bond donors (Lipinski definition) is 0. The van der Waals surface area contributed by atoms with Gasteiger partial charge in [-0.1, -0.05) is 39.8 Å². The Kier molecular flexibility index (Phi) is 9.92. The van der Waals surface area contributed by atoms with Crippen molar-refractivity contribution >= 4 is 0 Å². The number of nitrogens with zero attached hydrogens (tertiary/aromatic N) is 2. The Morgan fingerprint density at radius 2 is 1.50 bits per heavy atom. The molecule has 0 radical (unpaired) electrons. The fourth-order valence-corrected chi connectivity index (χ4v) is 1.43. The Morgan fingerprint density at radius 3 is 1.86 bits per heavy atom. The van der Waals surface area contributed by atoms with E-state index >= 15 is 0 Å². The molecule has 0 saturated carbocycles. The first kappa shape index (κ1) is 20.2. The van der Waals surface area contributed by atoms with Crippen LogP contribution in [0.15, 0.2) is 36.7 Å². The zero-order valence-electron chi connectivity index (χ0n) is 14.3. The number of alkyl halides is 2. The van der Waals surface area contributed by atoms with Gasteiger partial charge in [0.25, 0.3) is 6.43 Å². The quantitative estimate of drug-likeness (QED) is 0.693. The largest absolute Gasteiger partial charge is 0.280 e.